The topological polar surface area (TPSA) is 56.0 Å². The van der Waals surface area contributed by atoms with Crippen molar-refractivity contribution in [2.24, 2.45) is 0 Å². The first-order valence-electron chi connectivity index (χ1n) is 3.33. The molecule has 0 heterocycles. The lowest BCUT2D eigenvalue weighted by molar-refractivity contribution is 0.161. The Morgan fingerprint density at radius 3 is 2.83 bits per heavy atom. The third kappa shape index (κ3) is 2.02. The number of rotatable bonds is 2. The van der Waals surface area contributed by atoms with Crippen LogP contribution >= 0.6 is 0 Å². The van der Waals surface area contributed by atoms with Crippen LogP contribution in [0.15, 0.2) is 18.2 Å². The standard InChI is InChI=1S/C8H7FN2O/c9-8-2-6(4-10)1-7(3-8)5-11-12/h1-3,11-12H,5H2. The summed E-state index contributed by atoms with van der Waals surface area (Å²) in [7, 11) is 0. The quantitative estimate of drug-likeness (QED) is 0.648. The Kier molecular flexibility index (Phi) is 2.75. The molecule has 12 heavy (non-hydrogen) atoms. The van der Waals surface area contributed by atoms with Crippen molar-refractivity contribution in [1.29, 1.82) is 5.26 Å². The van der Waals surface area contributed by atoms with Crippen LogP contribution in [0.1, 0.15) is 11.1 Å². The molecule has 1 aromatic carbocycles. The van der Waals surface area contributed by atoms with Gasteiger partial charge in [-0.3, -0.25) is 0 Å². The van der Waals surface area contributed by atoms with Gasteiger partial charge in [0.2, 0.25) is 0 Å². The van der Waals surface area contributed by atoms with Crippen molar-refractivity contribution in [1.82, 2.24) is 5.48 Å². The predicted molar refractivity (Wildman–Crippen MR) is 39.7 cm³/mol. The molecule has 0 fully saturated rings. The highest BCUT2D eigenvalue weighted by atomic mass is 19.1. The lowest BCUT2D eigenvalue weighted by Crippen LogP contribution is -2.06. The lowest BCUT2D eigenvalue weighted by Gasteiger charge is -1.99. The Morgan fingerprint density at radius 1 is 1.50 bits per heavy atom. The summed E-state index contributed by atoms with van der Waals surface area (Å²) in [6.45, 7) is 0.131. The minimum absolute atomic E-state index is 0.131. The molecule has 0 unspecified atom stereocenters. The van der Waals surface area contributed by atoms with Crippen molar-refractivity contribution in [3.05, 3.63) is 35.1 Å². The van der Waals surface area contributed by atoms with E-state index in [0.29, 0.717) is 5.56 Å². The first-order valence-corrected chi connectivity index (χ1v) is 3.33. The molecule has 0 saturated carbocycles. The Hall–Kier alpha value is -1.44. The van der Waals surface area contributed by atoms with Gasteiger partial charge >= 0.3 is 0 Å². The fourth-order valence-electron chi connectivity index (χ4n) is 0.908. The molecule has 62 valence electrons. The summed E-state index contributed by atoms with van der Waals surface area (Å²) in [5, 5.41) is 16.8. The Balaban J connectivity index is 3.00. The summed E-state index contributed by atoms with van der Waals surface area (Å²) in [5.41, 5.74) is 2.67. The van der Waals surface area contributed by atoms with E-state index in [-0.39, 0.29) is 12.1 Å². The van der Waals surface area contributed by atoms with Crippen LogP contribution in [0.4, 0.5) is 4.39 Å². The van der Waals surface area contributed by atoms with E-state index in [9.17, 15) is 4.39 Å². The number of halogens is 1. The Labute approximate surface area is 69.0 Å². The van der Waals surface area contributed by atoms with Gasteiger partial charge in [-0.1, -0.05) is 0 Å². The molecule has 3 nitrogen and oxygen atoms in total. The van der Waals surface area contributed by atoms with Gasteiger partial charge in [0.05, 0.1) is 11.6 Å². The van der Waals surface area contributed by atoms with E-state index in [1.165, 1.54) is 12.1 Å². The number of nitrogens with zero attached hydrogens (tertiary/aromatic N) is 1. The first kappa shape index (κ1) is 8.65. The molecule has 4 heteroatoms. The van der Waals surface area contributed by atoms with Gasteiger partial charge in [0, 0.05) is 6.54 Å². The van der Waals surface area contributed by atoms with Crippen molar-refractivity contribution in [2.45, 2.75) is 6.54 Å². The van der Waals surface area contributed by atoms with Gasteiger partial charge in [0.15, 0.2) is 0 Å². The van der Waals surface area contributed by atoms with Crippen molar-refractivity contribution in [2.75, 3.05) is 0 Å². The predicted octanol–water partition coefficient (Wildman–Crippen LogP) is 1.18. The second-order valence-electron chi connectivity index (χ2n) is 2.29. The van der Waals surface area contributed by atoms with E-state index in [2.05, 4.69) is 0 Å². The monoisotopic (exact) mass is 166 g/mol. The van der Waals surface area contributed by atoms with Crippen molar-refractivity contribution in [3.63, 3.8) is 0 Å². The molecule has 0 saturated heterocycles. The highest BCUT2D eigenvalue weighted by Gasteiger charge is 1.98. The molecule has 0 aliphatic carbocycles. The van der Waals surface area contributed by atoms with Crippen molar-refractivity contribution in [3.8, 4) is 6.07 Å². The molecule has 0 spiro atoms. The summed E-state index contributed by atoms with van der Waals surface area (Å²) < 4.78 is 12.7. The molecule has 0 bridgehead atoms. The van der Waals surface area contributed by atoms with Crippen LogP contribution in [-0.4, -0.2) is 5.21 Å². The van der Waals surface area contributed by atoms with Gasteiger partial charge in [-0.05, 0) is 23.8 Å². The third-order valence-electron chi connectivity index (χ3n) is 1.37. The molecule has 1 aromatic rings. The van der Waals surface area contributed by atoms with Crippen LogP contribution in [0.25, 0.3) is 0 Å². The Bertz CT molecular complexity index is 319. The van der Waals surface area contributed by atoms with Crippen LogP contribution in [-0.2, 0) is 6.54 Å². The fourth-order valence-corrected chi connectivity index (χ4v) is 0.908. The number of nitrogens with one attached hydrogen (secondary N) is 1. The maximum Gasteiger partial charge on any atom is 0.124 e. The van der Waals surface area contributed by atoms with E-state index < -0.39 is 5.82 Å². The summed E-state index contributed by atoms with van der Waals surface area (Å²) >= 11 is 0. The van der Waals surface area contributed by atoms with Gasteiger partial charge in [-0.15, -0.1) is 0 Å². The minimum Gasteiger partial charge on any atom is -0.316 e. The summed E-state index contributed by atoms with van der Waals surface area (Å²) in [6.07, 6.45) is 0. The summed E-state index contributed by atoms with van der Waals surface area (Å²) in [4.78, 5) is 0. The number of hydrogen-bond acceptors (Lipinski definition) is 3. The number of benzene rings is 1. The van der Waals surface area contributed by atoms with E-state index >= 15 is 0 Å². The fraction of sp³-hybridized carbons (Fsp3) is 0.125. The average molecular weight is 166 g/mol. The van der Waals surface area contributed by atoms with Gasteiger partial charge in [-0.2, -0.15) is 5.26 Å². The van der Waals surface area contributed by atoms with Crippen LogP contribution in [0, 0.1) is 17.1 Å². The van der Waals surface area contributed by atoms with Crippen LogP contribution in [0.3, 0.4) is 0 Å². The van der Waals surface area contributed by atoms with Crippen LogP contribution in [0.2, 0.25) is 0 Å². The second-order valence-corrected chi connectivity index (χ2v) is 2.29. The molecule has 0 aromatic heterocycles. The van der Waals surface area contributed by atoms with Crippen LogP contribution < -0.4 is 5.48 Å². The molecule has 0 amide bonds. The molecular formula is C8H7FN2O. The average Bonchev–Trinajstić information content (AvgIpc) is 2.04. The van der Waals surface area contributed by atoms with Gasteiger partial charge in [0.25, 0.3) is 0 Å². The molecule has 2 N–H and O–H groups in total. The van der Waals surface area contributed by atoms with Crippen LogP contribution in [0.5, 0.6) is 0 Å². The zero-order valence-corrected chi connectivity index (χ0v) is 6.21. The molecule has 1 rings (SSSR count). The number of nitriles is 1. The Morgan fingerprint density at radius 2 is 2.25 bits per heavy atom. The van der Waals surface area contributed by atoms with Gasteiger partial charge in [0.1, 0.15) is 5.82 Å². The zero-order chi connectivity index (χ0) is 8.97. The van der Waals surface area contributed by atoms with Gasteiger partial charge < -0.3 is 5.21 Å². The highest BCUT2D eigenvalue weighted by molar-refractivity contribution is 5.33. The molecule has 0 aliphatic rings. The van der Waals surface area contributed by atoms with Crippen molar-refractivity contribution < 1.29 is 9.60 Å². The molecule has 0 atom stereocenters. The molecule has 0 radical (unpaired) electrons. The number of hydroxylamine groups is 1. The maximum atomic E-state index is 12.7. The number of hydrogen-bond donors (Lipinski definition) is 2. The largest absolute Gasteiger partial charge is 0.316 e. The third-order valence-corrected chi connectivity index (χ3v) is 1.37. The minimum atomic E-state index is -0.473. The van der Waals surface area contributed by atoms with E-state index in [4.69, 9.17) is 10.5 Å². The molecular weight excluding hydrogens is 159 g/mol. The van der Waals surface area contributed by atoms with E-state index in [0.717, 1.165) is 6.07 Å². The summed E-state index contributed by atoms with van der Waals surface area (Å²) in [5.74, 6) is -0.473. The van der Waals surface area contributed by atoms with Crippen molar-refractivity contribution >= 4 is 0 Å². The lowest BCUT2D eigenvalue weighted by atomic mass is 10.1. The zero-order valence-electron chi connectivity index (χ0n) is 6.21. The first-order chi connectivity index (χ1) is 5.76. The smallest absolute Gasteiger partial charge is 0.124 e. The van der Waals surface area contributed by atoms with E-state index in [1.807, 2.05) is 11.5 Å². The van der Waals surface area contributed by atoms with E-state index in [1.54, 1.807) is 0 Å². The highest BCUT2D eigenvalue weighted by Crippen LogP contribution is 2.07. The summed E-state index contributed by atoms with van der Waals surface area (Å²) in [6, 6.07) is 5.72. The SMILES string of the molecule is N#Cc1cc(F)cc(CNO)c1. The van der Waals surface area contributed by atoms with Gasteiger partial charge in [-0.25, -0.2) is 9.87 Å². The second kappa shape index (κ2) is 3.81. The normalized spacial score (nSPS) is 9.42. The maximum absolute atomic E-state index is 12.7. The molecule has 0 aliphatic heterocycles.